The maximum atomic E-state index is 14.9. The number of primary amides is 1. The molecule has 41 heavy (non-hydrogen) atoms. The molecule has 12 heteroatoms. The van der Waals surface area contributed by atoms with E-state index in [0.29, 0.717) is 24.1 Å². The summed E-state index contributed by atoms with van der Waals surface area (Å²) >= 11 is 0. The van der Waals surface area contributed by atoms with Gasteiger partial charge in [0.15, 0.2) is 0 Å². The number of carbonyl (C=O) groups excluding carboxylic acids is 2. The highest BCUT2D eigenvalue weighted by Crippen LogP contribution is 2.29. The summed E-state index contributed by atoms with van der Waals surface area (Å²) < 4.78 is 53.0. The first-order valence-corrected chi connectivity index (χ1v) is 13.1. The van der Waals surface area contributed by atoms with Gasteiger partial charge in [-0.2, -0.15) is 0 Å². The van der Waals surface area contributed by atoms with Crippen molar-refractivity contribution in [3.05, 3.63) is 95.1 Å². The molecule has 1 saturated heterocycles. The van der Waals surface area contributed by atoms with Gasteiger partial charge < -0.3 is 31.6 Å². The predicted molar refractivity (Wildman–Crippen MR) is 145 cm³/mol. The molecule has 4 atom stereocenters. The Bertz CT molecular complexity index is 1300. The summed E-state index contributed by atoms with van der Waals surface area (Å²) in [5.41, 5.74) is 12.9. The quantitative estimate of drug-likeness (QED) is 0.292. The van der Waals surface area contributed by atoms with Gasteiger partial charge in [0.2, 0.25) is 5.91 Å². The van der Waals surface area contributed by atoms with Crippen molar-refractivity contribution in [2.24, 2.45) is 11.5 Å². The maximum absolute atomic E-state index is 14.9. The second-order valence-electron chi connectivity index (χ2n) is 9.89. The van der Waals surface area contributed by atoms with E-state index in [1.54, 1.807) is 0 Å². The van der Waals surface area contributed by atoms with Gasteiger partial charge in [0.1, 0.15) is 24.1 Å². The van der Waals surface area contributed by atoms with Crippen LogP contribution in [-0.4, -0.2) is 54.4 Å². The van der Waals surface area contributed by atoms with E-state index in [4.69, 9.17) is 20.9 Å². The number of amides is 2. The van der Waals surface area contributed by atoms with Crippen LogP contribution in [0, 0.1) is 17.5 Å². The third kappa shape index (κ3) is 7.81. The molecule has 0 bridgehead atoms. The summed E-state index contributed by atoms with van der Waals surface area (Å²) in [4.78, 5) is 28.1. The molecule has 0 spiro atoms. The summed E-state index contributed by atoms with van der Waals surface area (Å²) in [6.07, 6.45) is 1.62. The predicted octanol–water partition coefficient (Wildman–Crippen LogP) is 3.37. The Morgan fingerprint density at radius 1 is 1.07 bits per heavy atom. The van der Waals surface area contributed by atoms with Crippen LogP contribution in [0.15, 0.2) is 60.9 Å². The van der Waals surface area contributed by atoms with Gasteiger partial charge in [-0.05, 0) is 55.2 Å². The van der Waals surface area contributed by atoms with Crippen molar-refractivity contribution < 1.29 is 32.2 Å². The number of ether oxygens (including phenoxy) is 2. The molecule has 218 valence electrons. The van der Waals surface area contributed by atoms with Gasteiger partial charge in [-0.15, -0.1) is 0 Å². The van der Waals surface area contributed by atoms with Crippen molar-refractivity contribution >= 4 is 17.7 Å². The van der Waals surface area contributed by atoms with Gasteiger partial charge >= 0.3 is 6.09 Å². The van der Waals surface area contributed by atoms with Gasteiger partial charge in [0.05, 0.1) is 42.4 Å². The number of aromatic nitrogens is 1. The van der Waals surface area contributed by atoms with Crippen LogP contribution in [0.5, 0.6) is 0 Å². The minimum atomic E-state index is -1.19. The first-order chi connectivity index (χ1) is 19.6. The third-order valence-corrected chi connectivity index (χ3v) is 7.09. The Morgan fingerprint density at radius 2 is 1.68 bits per heavy atom. The Labute approximate surface area is 235 Å². The van der Waals surface area contributed by atoms with E-state index < -0.39 is 41.4 Å². The summed E-state index contributed by atoms with van der Waals surface area (Å²) in [6, 6.07) is 9.62. The highest BCUT2D eigenvalue weighted by Gasteiger charge is 2.31. The van der Waals surface area contributed by atoms with Crippen molar-refractivity contribution in [3.8, 4) is 0 Å². The normalized spacial score (nSPS) is 19.5. The highest BCUT2D eigenvalue weighted by atomic mass is 19.1. The molecule has 1 unspecified atom stereocenters. The average molecular weight is 572 g/mol. The summed E-state index contributed by atoms with van der Waals surface area (Å²) in [6.45, 7) is 2.33. The van der Waals surface area contributed by atoms with Crippen LogP contribution < -0.4 is 22.1 Å². The molecule has 2 aromatic carbocycles. The zero-order chi connectivity index (χ0) is 29.5. The molecule has 9 nitrogen and oxygen atoms in total. The highest BCUT2D eigenvalue weighted by molar-refractivity contribution is 5.96. The number of anilines is 1. The number of nitrogens with zero attached hydrogens (tertiary/aromatic N) is 1. The van der Waals surface area contributed by atoms with Crippen LogP contribution in [0.25, 0.3) is 0 Å². The molecule has 1 fully saturated rings. The van der Waals surface area contributed by atoms with Crippen LogP contribution in [0.4, 0.5) is 23.7 Å². The van der Waals surface area contributed by atoms with Crippen molar-refractivity contribution in [2.45, 2.75) is 50.0 Å². The fourth-order valence-corrected chi connectivity index (χ4v) is 4.88. The average Bonchev–Trinajstić information content (AvgIpc) is 2.94. The molecule has 1 aliphatic heterocycles. The fourth-order valence-electron chi connectivity index (χ4n) is 4.88. The van der Waals surface area contributed by atoms with E-state index >= 15 is 0 Å². The second kappa shape index (κ2) is 13.6. The Hall–Kier alpha value is -4.00. The van der Waals surface area contributed by atoms with E-state index in [0.717, 1.165) is 6.20 Å². The van der Waals surface area contributed by atoms with Crippen molar-refractivity contribution in [1.82, 2.24) is 10.3 Å². The van der Waals surface area contributed by atoms with Crippen molar-refractivity contribution in [3.63, 3.8) is 0 Å². The SMILES string of the molecule is C[C@@H]1O[C@H](CCc2c(F)cncc2NC(=O)C(N)C(c2ccc(F)cc2)c2ccc(F)cc2)CN[C@@H]1COC(N)=O. The lowest BCUT2D eigenvalue weighted by atomic mass is 9.85. The van der Waals surface area contributed by atoms with E-state index in [1.807, 2.05) is 6.92 Å². The van der Waals surface area contributed by atoms with E-state index in [2.05, 4.69) is 15.6 Å². The number of morpholine rings is 1. The summed E-state index contributed by atoms with van der Waals surface area (Å²) in [5.74, 6) is -2.88. The number of hydrogen-bond donors (Lipinski definition) is 4. The van der Waals surface area contributed by atoms with E-state index in [9.17, 15) is 22.8 Å². The van der Waals surface area contributed by atoms with Crippen LogP contribution in [0.3, 0.4) is 0 Å². The lowest BCUT2D eigenvalue weighted by molar-refractivity contribution is -0.117. The number of rotatable bonds is 10. The molecule has 6 N–H and O–H groups in total. The van der Waals surface area contributed by atoms with Crippen molar-refractivity contribution in [1.29, 1.82) is 0 Å². The molecule has 4 rings (SSSR count). The van der Waals surface area contributed by atoms with Gasteiger partial charge in [-0.3, -0.25) is 9.78 Å². The molecule has 3 aromatic rings. The number of nitrogens with one attached hydrogen (secondary N) is 2. The molecule has 0 aliphatic carbocycles. The number of benzene rings is 2. The van der Waals surface area contributed by atoms with Crippen LogP contribution in [0.2, 0.25) is 0 Å². The molecular formula is C29H32F3N5O4. The Morgan fingerprint density at radius 3 is 2.24 bits per heavy atom. The Kier molecular flexibility index (Phi) is 9.92. The van der Waals surface area contributed by atoms with E-state index in [-0.39, 0.29) is 42.5 Å². The fraction of sp³-hybridized carbons (Fsp3) is 0.345. The molecular weight excluding hydrogens is 539 g/mol. The number of nitrogens with two attached hydrogens (primary N) is 2. The van der Waals surface area contributed by atoms with Crippen LogP contribution >= 0.6 is 0 Å². The van der Waals surface area contributed by atoms with Crippen molar-refractivity contribution in [2.75, 3.05) is 18.5 Å². The molecule has 2 heterocycles. The third-order valence-electron chi connectivity index (χ3n) is 7.09. The van der Waals surface area contributed by atoms with Gasteiger partial charge in [-0.25, -0.2) is 18.0 Å². The molecule has 2 amide bonds. The van der Waals surface area contributed by atoms with Gasteiger partial charge in [0.25, 0.3) is 0 Å². The molecule has 0 radical (unpaired) electrons. The number of pyridine rings is 1. The zero-order valence-electron chi connectivity index (χ0n) is 22.4. The van der Waals surface area contributed by atoms with Gasteiger partial charge in [0, 0.05) is 18.0 Å². The lowest BCUT2D eigenvalue weighted by Crippen LogP contribution is -2.53. The number of carbonyl (C=O) groups is 2. The minimum Gasteiger partial charge on any atom is -0.448 e. The summed E-state index contributed by atoms with van der Waals surface area (Å²) in [7, 11) is 0. The Balaban J connectivity index is 1.46. The maximum Gasteiger partial charge on any atom is 0.404 e. The second-order valence-corrected chi connectivity index (χ2v) is 9.89. The minimum absolute atomic E-state index is 0.0650. The first-order valence-electron chi connectivity index (χ1n) is 13.1. The summed E-state index contributed by atoms with van der Waals surface area (Å²) in [5, 5.41) is 5.93. The smallest absolute Gasteiger partial charge is 0.404 e. The standard InChI is InChI=1S/C29H32F3N5O4/c1-16-25(15-40-29(34)39)36-12-21(41-16)10-11-22-23(32)13-35-14-24(22)37-28(38)27(33)26(17-2-6-19(30)7-3-17)18-4-8-20(31)9-5-18/h2-9,13-14,16,21,25-27,36H,10-12,15,33H2,1H3,(H2,34,39)(H,37,38)/t16-,21+,25+,27?/m0/s1. The monoisotopic (exact) mass is 571 g/mol. The van der Waals surface area contributed by atoms with Crippen LogP contribution in [-0.2, 0) is 20.7 Å². The molecule has 1 aromatic heterocycles. The zero-order valence-corrected chi connectivity index (χ0v) is 22.4. The van der Waals surface area contributed by atoms with Crippen LogP contribution in [0.1, 0.15) is 36.0 Å². The lowest BCUT2D eigenvalue weighted by Gasteiger charge is -2.35. The largest absolute Gasteiger partial charge is 0.448 e. The van der Waals surface area contributed by atoms with Gasteiger partial charge in [-0.1, -0.05) is 24.3 Å². The molecule has 0 saturated carbocycles. The molecule has 1 aliphatic rings. The first kappa shape index (κ1) is 30.0. The number of halogens is 3. The number of hydrogen-bond acceptors (Lipinski definition) is 7. The topological polar surface area (TPSA) is 142 Å². The van der Waals surface area contributed by atoms with E-state index in [1.165, 1.54) is 54.7 Å².